The topological polar surface area (TPSA) is 35.2 Å². The minimum atomic E-state index is 0.116. The molecule has 1 aliphatic heterocycles. The first kappa shape index (κ1) is 13.6. The van der Waals surface area contributed by atoms with Crippen LogP contribution in [0.5, 0.6) is 0 Å². The first-order chi connectivity index (χ1) is 8.79. The molecule has 1 saturated heterocycles. The zero-order valence-electron chi connectivity index (χ0n) is 11.4. The number of aryl methyl sites for hydroxylation is 1. The number of ether oxygens (including phenoxy) is 1. The molecule has 2 heteroatoms. The monoisotopic (exact) mass is 247 g/mol. The minimum Gasteiger partial charge on any atom is -0.378 e. The van der Waals surface area contributed by atoms with Gasteiger partial charge in [0, 0.05) is 12.6 Å². The molecule has 0 saturated carbocycles. The summed E-state index contributed by atoms with van der Waals surface area (Å²) in [6.45, 7) is 3.12. The molecule has 18 heavy (non-hydrogen) atoms. The smallest absolute Gasteiger partial charge is 0.0593 e. The van der Waals surface area contributed by atoms with Crippen molar-refractivity contribution in [2.75, 3.05) is 6.61 Å². The minimum absolute atomic E-state index is 0.116. The maximum atomic E-state index is 6.31. The van der Waals surface area contributed by atoms with Gasteiger partial charge >= 0.3 is 0 Å². The van der Waals surface area contributed by atoms with Crippen molar-refractivity contribution in [2.45, 2.75) is 57.6 Å². The molecule has 0 radical (unpaired) electrons. The Labute approximate surface area is 111 Å². The van der Waals surface area contributed by atoms with Crippen LogP contribution in [-0.2, 0) is 11.2 Å². The highest BCUT2D eigenvalue weighted by atomic mass is 16.5. The summed E-state index contributed by atoms with van der Waals surface area (Å²) in [4.78, 5) is 0. The second kappa shape index (κ2) is 6.91. The van der Waals surface area contributed by atoms with E-state index in [4.69, 9.17) is 10.5 Å². The second-order valence-electron chi connectivity index (χ2n) is 5.33. The number of hydrogen-bond acceptors (Lipinski definition) is 2. The molecule has 1 heterocycles. The highest BCUT2D eigenvalue weighted by Gasteiger charge is 2.18. The SMILES string of the molecule is CCCc1cccc(C(N)CC2CCCCO2)c1. The normalized spacial score (nSPS) is 21.8. The molecule has 0 spiro atoms. The summed E-state index contributed by atoms with van der Waals surface area (Å²) in [5.41, 5.74) is 8.97. The Hall–Kier alpha value is -0.860. The molecule has 2 unspecified atom stereocenters. The van der Waals surface area contributed by atoms with Gasteiger partial charge in [-0.15, -0.1) is 0 Å². The molecule has 2 nitrogen and oxygen atoms in total. The van der Waals surface area contributed by atoms with Gasteiger partial charge in [0.15, 0.2) is 0 Å². The van der Waals surface area contributed by atoms with Gasteiger partial charge in [0.1, 0.15) is 0 Å². The highest BCUT2D eigenvalue weighted by molar-refractivity contribution is 5.26. The zero-order valence-corrected chi connectivity index (χ0v) is 11.4. The van der Waals surface area contributed by atoms with Crippen LogP contribution in [0.15, 0.2) is 24.3 Å². The molecular formula is C16H25NO. The lowest BCUT2D eigenvalue weighted by atomic mass is 9.95. The van der Waals surface area contributed by atoms with E-state index in [-0.39, 0.29) is 6.04 Å². The van der Waals surface area contributed by atoms with E-state index in [9.17, 15) is 0 Å². The van der Waals surface area contributed by atoms with Crippen molar-refractivity contribution < 1.29 is 4.74 Å². The summed E-state index contributed by atoms with van der Waals surface area (Å²) in [7, 11) is 0. The molecule has 1 aromatic rings. The van der Waals surface area contributed by atoms with E-state index < -0.39 is 0 Å². The van der Waals surface area contributed by atoms with Gasteiger partial charge in [-0.25, -0.2) is 0 Å². The van der Waals surface area contributed by atoms with Gasteiger partial charge in [0.25, 0.3) is 0 Å². The molecule has 2 N–H and O–H groups in total. The molecule has 0 amide bonds. The fourth-order valence-corrected chi connectivity index (χ4v) is 2.68. The van der Waals surface area contributed by atoms with Crippen LogP contribution in [-0.4, -0.2) is 12.7 Å². The standard InChI is InChI=1S/C16H25NO/c1-2-6-13-7-5-8-14(11-13)16(17)12-15-9-3-4-10-18-15/h5,7-8,11,15-16H,2-4,6,9-10,12,17H2,1H3. The third-order valence-electron chi connectivity index (χ3n) is 3.71. The Morgan fingerprint density at radius 3 is 3.00 bits per heavy atom. The Morgan fingerprint density at radius 2 is 2.28 bits per heavy atom. The first-order valence-corrected chi connectivity index (χ1v) is 7.25. The largest absolute Gasteiger partial charge is 0.378 e. The van der Waals surface area contributed by atoms with Crippen LogP contribution in [0.25, 0.3) is 0 Å². The van der Waals surface area contributed by atoms with Crippen LogP contribution in [0.3, 0.4) is 0 Å². The van der Waals surface area contributed by atoms with Crippen molar-refractivity contribution in [3.8, 4) is 0 Å². The summed E-state index contributed by atoms with van der Waals surface area (Å²) >= 11 is 0. The summed E-state index contributed by atoms with van der Waals surface area (Å²) in [6, 6.07) is 8.84. The number of rotatable bonds is 5. The summed E-state index contributed by atoms with van der Waals surface area (Å²) in [5, 5.41) is 0. The lowest BCUT2D eigenvalue weighted by Crippen LogP contribution is -2.24. The molecular weight excluding hydrogens is 222 g/mol. The Kier molecular flexibility index (Phi) is 5.21. The van der Waals surface area contributed by atoms with E-state index in [0.29, 0.717) is 6.10 Å². The van der Waals surface area contributed by atoms with Crippen molar-refractivity contribution in [2.24, 2.45) is 5.73 Å². The maximum absolute atomic E-state index is 6.31. The van der Waals surface area contributed by atoms with Crippen molar-refractivity contribution in [1.82, 2.24) is 0 Å². The average Bonchev–Trinajstić information content (AvgIpc) is 2.40. The maximum Gasteiger partial charge on any atom is 0.0593 e. The molecule has 1 aliphatic rings. The molecule has 100 valence electrons. The van der Waals surface area contributed by atoms with E-state index in [1.54, 1.807) is 0 Å². The van der Waals surface area contributed by atoms with Crippen LogP contribution >= 0.6 is 0 Å². The van der Waals surface area contributed by atoms with Crippen molar-refractivity contribution in [3.63, 3.8) is 0 Å². The highest BCUT2D eigenvalue weighted by Crippen LogP contribution is 2.24. The van der Waals surface area contributed by atoms with E-state index in [1.807, 2.05) is 0 Å². The van der Waals surface area contributed by atoms with Crippen LogP contribution in [0.4, 0.5) is 0 Å². The Balaban J connectivity index is 1.94. The first-order valence-electron chi connectivity index (χ1n) is 7.25. The van der Waals surface area contributed by atoms with E-state index in [2.05, 4.69) is 31.2 Å². The van der Waals surface area contributed by atoms with Gasteiger partial charge in [-0.05, 0) is 43.2 Å². The number of nitrogens with two attached hydrogens (primary N) is 1. The summed E-state index contributed by atoms with van der Waals surface area (Å²) in [6.07, 6.45) is 7.30. The van der Waals surface area contributed by atoms with Gasteiger partial charge in [0.2, 0.25) is 0 Å². The molecule has 2 rings (SSSR count). The molecule has 0 bridgehead atoms. The Morgan fingerprint density at radius 1 is 1.39 bits per heavy atom. The second-order valence-corrected chi connectivity index (χ2v) is 5.33. The molecule has 1 fully saturated rings. The van der Waals surface area contributed by atoms with Gasteiger partial charge in [-0.2, -0.15) is 0 Å². The van der Waals surface area contributed by atoms with E-state index in [0.717, 1.165) is 19.4 Å². The fourth-order valence-electron chi connectivity index (χ4n) is 2.68. The fraction of sp³-hybridized carbons (Fsp3) is 0.625. The zero-order chi connectivity index (χ0) is 12.8. The number of benzene rings is 1. The third kappa shape index (κ3) is 3.82. The summed E-state index contributed by atoms with van der Waals surface area (Å²) < 4.78 is 5.77. The van der Waals surface area contributed by atoms with E-state index >= 15 is 0 Å². The van der Waals surface area contributed by atoms with Crippen molar-refractivity contribution >= 4 is 0 Å². The number of hydrogen-bond donors (Lipinski definition) is 1. The molecule has 0 aromatic heterocycles. The van der Waals surface area contributed by atoms with Crippen LogP contribution in [0.1, 0.15) is 56.2 Å². The van der Waals surface area contributed by atoms with Crippen LogP contribution < -0.4 is 5.73 Å². The lowest BCUT2D eigenvalue weighted by Gasteiger charge is -2.25. The van der Waals surface area contributed by atoms with Gasteiger partial charge in [-0.1, -0.05) is 37.6 Å². The third-order valence-corrected chi connectivity index (χ3v) is 3.71. The van der Waals surface area contributed by atoms with Gasteiger partial charge in [-0.3, -0.25) is 0 Å². The molecule has 1 aromatic carbocycles. The van der Waals surface area contributed by atoms with Gasteiger partial charge in [0.05, 0.1) is 6.10 Å². The lowest BCUT2D eigenvalue weighted by molar-refractivity contribution is 0.00729. The van der Waals surface area contributed by atoms with Crippen molar-refractivity contribution in [3.05, 3.63) is 35.4 Å². The van der Waals surface area contributed by atoms with Crippen molar-refractivity contribution in [1.29, 1.82) is 0 Å². The molecule has 0 aliphatic carbocycles. The summed E-state index contributed by atoms with van der Waals surface area (Å²) in [5.74, 6) is 0. The quantitative estimate of drug-likeness (QED) is 0.863. The predicted octanol–water partition coefficient (Wildman–Crippen LogP) is 3.60. The predicted molar refractivity (Wildman–Crippen MR) is 75.6 cm³/mol. The molecule has 2 atom stereocenters. The van der Waals surface area contributed by atoms with Crippen LogP contribution in [0.2, 0.25) is 0 Å². The Bertz CT molecular complexity index is 358. The van der Waals surface area contributed by atoms with Crippen LogP contribution in [0, 0.1) is 0 Å². The average molecular weight is 247 g/mol. The van der Waals surface area contributed by atoms with Gasteiger partial charge < -0.3 is 10.5 Å². The van der Waals surface area contributed by atoms with E-state index in [1.165, 1.54) is 36.8 Å².